The van der Waals surface area contributed by atoms with Crippen LogP contribution in [0.3, 0.4) is 0 Å². The highest BCUT2D eigenvalue weighted by Crippen LogP contribution is 2.27. The highest BCUT2D eigenvalue weighted by molar-refractivity contribution is 5.88. The Morgan fingerprint density at radius 1 is 1.31 bits per heavy atom. The van der Waals surface area contributed by atoms with E-state index in [1.54, 1.807) is 11.7 Å². The van der Waals surface area contributed by atoms with Gasteiger partial charge in [-0.15, -0.1) is 0 Å². The van der Waals surface area contributed by atoms with Gasteiger partial charge in [0.15, 0.2) is 6.29 Å². The number of carbonyl (C=O) groups excluding carboxylic acids is 1. The maximum Gasteiger partial charge on any atom is 0.222 e. The molecule has 16 heavy (non-hydrogen) atoms. The molecule has 2 rings (SSSR count). The summed E-state index contributed by atoms with van der Waals surface area (Å²) in [7, 11) is 3.27. The first-order valence-corrected chi connectivity index (χ1v) is 4.89. The number of hydrogen-bond acceptors (Lipinski definition) is 3. The van der Waals surface area contributed by atoms with E-state index >= 15 is 0 Å². The lowest BCUT2D eigenvalue weighted by molar-refractivity contribution is 0.112. The minimum Gasteiger partial charge on any atom is -0.481 e. The molecule has 0 aliphatic carbocycles. The van der Waals surface area contributed by atoms with Crippen molar-refractivity contribution in [1.82, 2.24) is 9.78 Å². The largest absolute Gasteiger partial charge is 0.481 e. The first-order chi connectivity index (χ1) is 7.77. The Morgan fingerprint density at radius 3 is 2.56 bits per heavy atom. The zero-order valence-corrected chi connectivity index (χ0v) is 9.18. The molecule has 0 amide bonds. The van der Waals surface area contributed by atoms with Crippen molar-refractivity contribution in [3.05, 3.63) is 35.9 Å². The van der Waals surface area contributed by atoms with Crippen LogP contribution >= 0.6 is 0 Å². The summed E-state index contributed by atoms with van der Waals surface area (Å²) in [5.74, 6) is 0.480. The number of carbonyl (C=O) groups is 1. The molecule has 4 heteroatoms. The molecule has 0 saturated carbocycles. The predicted octanol–water partition coefficient (Wildman–Crippen LogP) is 1.91. The van der Waals surface area contributed by atoms with E-state index in [4.69, 9.17) is 4.74 Å². The number of rotatable bonds is 3. The molecule has 1 heterocycles. The van der Waals surface area contributed by atoms with E-state index in [1.165, 1.54) is 7.11 Å². The summed E-state index contributed by atoms with van der Waals surface area (Å²) in [6, 6.07) is 9.56. The van der Waals surface area contributed by atoms with Crippen molar-refractivity contribution in [3.63, 3.8) is 0 Å². The number of methoxy groups -OCH3 is 1. The molecule has 0 atom stereocenters. The van der Waals surface area contributed by atoms with Crippen molar-refractivity contribution in [1.29, 1.82) is 0 Å². The SMILES string of the molecule is COc1c(C=O)c(-c2ccccc2)nn1C. The minimum absolute atomic E-state index is 0.480. The van der Waals surface area contributed by atoms with E-state index in [1.807, 2.05) is 30.3 Å². The van der Waals surface area contributed by atoms with Crippen molar-refractivity contribution in [2.45, 2.75) is 0 Å². The summed E-state index contributed by atoms with van der Waals surface area (Å²) >= 11 is 0. The van der Waals surface area contributed by atoms with Gasteiger partial charge < -0.3 is 4.74 Å². The third-order valence-electron chi connectivity index (χ3n) is 2.39. The Hall–Kier alpha value is -2.10. The molecular formula is C12H12N2O2. The van der Waals surface area contributed by atoms with Crippen molar-refractivity contribution in [2.24, 2.45) is 7.05 Å². The summed E-state index contributed by atoms with van der Waals surface area (Å²) in [5.41, 5.74) is 2.04. The van der Waals surface area contributed by atoms with Gasteiger partial charge in [0.2, 0.25) is 5.88 Å². The molecule has 0 saturated heterocycles. The smallest absolute Gasteiger partial charge is 0.222 e. The van der Waals surface area contributed by atoms with Crippen LogP contribution in [0.4, 0.5) is 0 Å². The number of nitrogens with zero attached hydrogens (tertiary/aromatic N) is 2. The third kappa shape index (κ3) is 1.58. The number of benzene rings is 1. The van der Waals surface area contributed by atoms with Crippen LogP contribution in [0.1, 0.15) is 10.4 Å². The molecule has 4 nitrogen and oxygen atoms in total. The van der Waals surface area contributed by atoms with Gasteiger partial charge in [0.1, 0.15) is 11.3 Å². The van der Waals surface area contributed by atoms with Gasteiger partial charge in [-0.05, 0) is 0 Å². The van der Waals surface area contributed by atoms with Crippen LogP contribution in [0.5, 0.6) is 5.88 Å². The summed E-state index contributed by atoms with van der Waals surface area (Å²) in [5, 5.41) is 4.28. The van der Waals surface area contributed by atoms with Crippen LogP contribution in [0.25, 0.3) is 11.3 Å². The number of aromatic nitrogens is 2. The second-order valence-electron chi connectivity index (χ2n) is 3.38. The van der Waals surface area contributed by atoms with E-state index in [0.29, 0.717) is 17.1 Å². The van der Waals surface area contributed by atoms with Crippen LogP contribution in [0.15, 0.2) is 30.3 Å². The van der Waals surface area contributed by atoms with E-state index in [-0.39, 0.29) is 0 Å². The van der Waals surface area contributed by atoms with Gasteiger partial charge in [0.05, 0.1) is 7.11 Å². The lowest BCUT2D eigenvalue weighted by Crippen LogP contribution is -1.96. The molecule has 82 valence electrons. The number of ether oxygens (including phenoxy) is 1. The van der Waals surface area contributed by atoms with Gasteiger partial charge in [-0.2, -0.15) is 5.10 Å². The molecule has 0 unspecified atom stereocenters. The van der Waals surface area contributed by atoms with Crippen molar-refractivity contribution >= 4 is 6.29 Å². The molecule has 0 spiro atoms. The van der Waals surface area contributed by atoms with E-state index in [2.05, 4.69) is 5.10 Å². The van der Waals surface area contributed by atoms with Gasteiger partial charge >= 0.3 is 0 Å². The van der Waals surface area contributed by atoms with Gasteiger partial charge in [-0.3, -0.25) is 4.79 Å². The van der Waals surface area contributed by atoms with Crippen LogP contribution in [-0.2, 0) is 7.05 Å². The van der Waals surface area contributed by atoms with Crippen molar-refractivity contribution < 1.29 is 9.53 Å². The molecule has 0 radical (unpaired) electrons. The number of hydrogen-bond donors (Lipinski definition) is 0. The average Bonchev–Trinajstić information content (AvgIpc) is 2.66. The Balaban J connectivity index is 2.62. The molecule has 1 aromatic carbocycles. The van der Waals surface area contributed by atoms with Gasteiger partial charge in [0.25, 0.3) is 0 Å². The molecular weight excluding hydrogens is 204 g/mol. The summed E-state index contributed by atoms with van der Waals surface area (Å²) in [6.07, 6.45) is 0.772. The number of aryl methyl sites for hydroxylation is 1. The van der Waals surface area contributed by atoms with E-state index < -0.39 is 0 Å². The Labute approximate surface area is 93.5 Å². The van der Waals surface area contributed by atoms with Crippen LogP contribution in [-0.4, -0.2) is 23.2 Å². The summed E-state index contributed by atoms with van der Waals surface area (Å²) < 4.78 is 6.70. The normalized spacial score (nSPS) is 10.1. The van der Waals surface area contributed by atoms with Crippen LogP contribution in [0.2, 0.25) is 0 Å². The van der Waals surface area contributed by atoms with Gasteiger partial charge in [-0.1, -0.05) is 30.3 Å². The van der Waals surface area contributed by atoms with Crippen molar-refractivity contribution in [2.75, 3.05) is 7.11 Å². The fraction of sp³-hybridized carbons (Fsp3) is 0.167. The number of aldehydes is 1. The minimum atomic E-state index is 0.480. The first kappa shape index (κ1) is 10.4. The predicted molar refractivity (Wildman–Crippen MR) is 60.6 cm³/mol. The average molecular weight is 216 g/mol. The topological polar surface area (TPSA) is 44.1 Å². The second-order valence-corrected chi connectivity index (χ2v) is 3.38. The molecule has 0 aliphatic heterocycles. The van der Waals surface area contributed by atoms with Gasteiger partial charge in [0, 0.05) is 12.6 Å². The highest BCUT2D eigenvalue weighted by atomic mass is 16.5. The monoisotopic (exact) mass is 216 g/mol. The fourth-order valence-electron chi connectivity index (χ4n) is 1.68. The van der Waals surface area contributed by atoms with E-state index in [0.717, 1.165) is 11.8 Å². The molecule has 0 bridgehead atoms. The summed E-state index contributed by atoms with van der Waals surface area (Å²) in [6.45, 7) is 0. The third-order valence-corrected chi connectivity index (χ3v) is 2.39. The first-order valence-electron chi connectivity index (χ1n) is 4.89. The summed E-state index contributed by atoms with van der Waals surface area (Å²) in [4.78, 5) is 11.1. The Kier molecular flexibility index (Phi) is 2.72. The van der Waals surface area contributed by atoms with Gasteiger partial charge in [-0.25, -0.2) is 4.68 Å². The molecule has 0 aliphatic rings. The Morgan fingerprint density at radius 2 is 2.00 bits per heavy atom. The lowest BCUT2D eigenvalue weighted by Gasteiger charge is -1.99. The molecule has 0 fully saturated rings. The fourth-order valence-corrected chi connectivity index (χ4v) is 1.68. The highest BCUT2D eigenvalue weighted by Gasteiger charge is 2.17. The zero-order chi connectivity index (χ0) is 11.5. The maximum absolute atomic E-state index is 11.1. The molecule has 1 aromatic heterocycles. The standard InChI is InChI=1S/C12H12N2O2/c1-14-12(16-2)10(8-15)11(13-14)9-6-4-3-5-7-9/h3-8H,1-2H3. The zero-order valence-electron chi connectivity index (χ0n) is 9.18. The molecule has 2 aromatic rings. The maximum atomic E-state index is 11.1. The lowest BCUT2D eigenvalue weighted by atomic mass is 10.1. The Bertz CT molecular complexity index is 503. The second kappa shape index (κ2) is 4.18. The van der Waals surface area contributed by atoms with Crippen molar-refractivity contribution in [3.8, 4) is 17.1 Å². The van der Waals surface area contributed by atoms with E-state index in [9.17, 15) is 4.79 Å². The molecule has 0 N–H and O–H groups in total. The quantitative estimate of drug-likeness (QED) is 0.736. The van der Waals surface area contributed by atoms with Crippen LogP contribution < -0.4 is 4.74 Å². The van der Waals surface area contributed by atoms with Crippen LogP contribution in [0, 0.1) is 0 Å².